The molecule has 14 heteroatoms. The van der Waals surface area contributed by atoms with Crippen molar-refractivity contribution in [2.45, 2.75) is 49.7 Å². The number of amides is 2. The topological polar surface area (TPSA) is 150 Å². The maximum atomic E-state index is 15.3. The molecule has 240 valence electrons. The van der Waals surface area contributed by atoms with Crippen LogP contribution < -0.4 is 20.7 Å². The Bertz CT molecular complexity index is 1630. The van der Waals surface area contributed by atoms with E-state index in [0.717, 1.165) is 6.42 Å². The lowest BCUT2D eigenvalue weighted by molar-refractivity contribution is -0.118. The number of carbonyl (C=O) groups excluding carboxylic acids is 1. The molecular formula is C31H35ClFN5O6S. The van der Waals surface area contributed by atoms with Crippen molar-refractivity contribution in [3.8, 4) is 5.88 Å². The molecule has 0 spiro atoms. The standard InChI is InChI=1S/C31H35ClFN5O6S/c1-44-27-14-9-20(16-35-27)28(19-7-10-21(32)11-8-19)29(37-31(40)41)30(39)36-26-6-2-5-25(33)24(26)13-12-23-17-34-22-4-3-15-45(42,43)38(23)18-22/h2,5-11,14,16,22-23,28-29,34,37H,3-4,12-13,15,17-18H2,1H3,(H,36,39)(H,40,41). The quantitative estimate of drug-likeness (QED) is 0.255. The van der Waals surface area contributed by atoms with Crippen molar-refractivity contribution in [2.24, 2.45) is 0 Å². The molecule has 5 atom stereocenters. The Morgan fingerprint density at radius 2 is 1.93 bits per heavy atom. The summed E-state index contributed by atoms with van der Waals surface area (Å²) in [4.78, 5) is 30.2. The van der Waals surface area contributed by atoms with Crippen LogP contribution >= 0.6 is 11.6 Å². The fraction of sp³-hybridized carbons (Fsp3) is 0.387. The predicted molar refractivity (Wildman–Crippen MR) is 168 cm³/mol. The van der Waals surface area contributed by atoms with Crippen molar-refractivity contribution >= 4 is 39.3 Å². The zero-order valence-electron chi connectivity index (χ0n) is 24.6. The first kappa shape index (κ1) is 32.6. The number of hydrogen-bond acceptors (Lipinski definition) is 7. The van der Waals surface area contributed by atoms with Gasteiger partial charge in [-0.25, -0.2) is 22.6 Å². The summed E-state index contributed by atoms with van der Waals surface area (Å²) in [5.74, 6) is -1.72. The number of methoxy groups -OCH3 is 1. The first-order chi connectivity index (χ1) is 21.6. The first-order valence-corrected chi connectivity index (χ1v) is 16.6. The molecule has 45 heavy (non-hydrogen) atoms. The molecule has 2 amide bonds. The van der Waals surface area contributed by atoms with Crippen LogP contribution in [0.3, 0.4) is 0 Å². The third-order valence-electron chi connectivity index (χ3n) is 8.32. The van der Waals surface area contributed by atoms with Crippen LogP contribution in [-0.4, -0.2) is 78.9 Å². The number of nitrogens with zero attached hydrogens (tertiary/aromatic N) is 2. The fourth-order valence-electron chi connectivity index (χ4n) is 6.07. The SMILES string of the molecule is COc1ccc(C(c2ccc(Cl)cc2)C(NC(=O)O)C(=O)Nc2cccc(F)c2CCC2CNC3CCCS(=O)(=O)N2C3)cn1. The number of carboxylic acid groups (broad SMARTS) is 1. The van der Waals surface area contributed by atoms with Gasteiger partial charge in [-0.3, -0.25) is 4.79 Å². The lowest BCUT2D eigenvalue weighted by atomic mass is 9.85. The van der Waals surface area contributed by atoms with Crippen molar-refractivity contribution in [2.75, 3.05) is 31.3 Å². The van der Waals surface area contributed by atoms with Crippen LogP contribution in [0.15, 0.2) is 60.8 Å². The summed E-state index contributed by atoms with van der Waals surface area (Å²) in [6.45, 7) is 0.825. The van der Waals surface area contributed by atoms with E-state index in [-0.39, 0.29) is 35.5 Å². The second kappa shape index (κ2) is 14.1. The minimum atomic E-state index is -3.43. The Morgan fingerprint density at radius 3 is 2.62 bits per heavy atom. The normalized spacial score (nSPS) is 22.0. The van der Waals surface area contributed by atoms with Gasteiger partial charge in [-0.1, -0.05) is 35.9 Å². The lowest BCUT2D eigenvalue weighted by Crippen LogP contribution is -2.57. The third-order valence-corrected chi connectivity index (χ3v) is 10.5. The van der Waals surface area contributed by atoms with Crippen LogP contribution in [0.5, 0.6) is 5.88 Å². The highest BCUT2D eigenvalue weighted by molar-refractivity contribution is 7.89. The van der Waals surface area contributed by atoms with Gasteiger partial charge in [0.2, 0.25) is 21.8 Å². The summed E-state index contributed by atoms with van der Waals surface area (Å²) in [6.07, 6.45) is 1.89. The van der Waals surface area contributed by atoms with Crippen LogP contribution in [0.25, 0.3) is 0 Å². The molecular weight excluding hydrogens is 625 g/mol. The molecule has 5 rings (SSSR count). The van der Waals surface area contributed by atoms with E-state index in [1.165, 1.54) is 35.8 Å². The molecule has 11 nitrogen and oxygen atoms in total. The highest BCUT2D eigenvalue weighted by Gasteiger charge is 2.38. The van der Waals surface area contributed by atoms with Crippen LogP contribution in [0.4, 0.5) is 14.9 Å². The summed E-state index contributed by atoms with van der Waals surface area (Å²) in [5.41, 5.74) is 1.47. The number of pyridine rings is 1. The molecule has 2 fully saturated rings. The number of aromatic nitrogens is 1. The highest BCUT2D eigenvalue weighted by Crippen LogP contribution is 2.32. The number of rotatable bonds is 10. The first-order valence-electron chi connectivity index (χ1n) is 14.6. The van der Waals surface area contributed by atoms with E-state index in [1.807, 2.05) is 0 Å². The fourth-order valence-corrected chi connectivity index (χ4v) is 8.01. The zero-order valence-corrected chi connectivity index (χ0v) is 26.2. The van der Waals surface area contributed by atoms with E-state index in [1.54, 1.807) is 36.4 Å². The number of fused-ring (bicyclic) bond motifs is 2. The second-order valence-electron chi connectivity index (χ2n) is 11.2. The average Bonchev–Trinajstić information content (AvgIpc) is 3.13. The molecule has 4 N–H and O–H groups in total. The number of sulfonamides is 1. The van der Waals surface area contributed by atoms with E-state index in [2.05, 4.69) is 20.9 Å². The highest BCUT2D eigenvalue weighted by atomic mass is 35.5. The molecule has 2 bridgehead atoms. The largest absolute Gasteiger partial charge is 0.481 e. The maximum absolute atomic E-state index is 15.3. The van der Waals surface area contributed by atoms with Crippen molar-refractivity contribution in [1.82, 2.24) is 19.9 Å². The molecule has 3 aromatic rings. The number of benzene rings is 2. The Hall–Kier alpha value is -3.78. The monoisotopic (exact) mass is 659 g/mol. The van der Waals surface area contributed by atoms with Gasteiger partial charge in [0.05, 0.1) is 12.9 Å². The van der Waals surface area contributed by atoms with Gasteiger partial charge in [0.25, 0.3) is 0 Å². The number of halogens is 2. The number of carbonyl (C=O) groups is 2. The van der Waals surface area contributed by atoms with E-state index >= 15 is 4.39 Å². The lowest BCUT2D eigenvalue weighted by Gasteiger charge is -2.37. The zero-order chi connectivity index (χ0) is 32.1. The Labute approximate surface area is 266 Å². The van der Waals surface area contributed by atoms with Gasteiger partial charge in [0.1, 0.15) is 11.9 Å². The Morgan fingerprint density at radius 1 is 1.18 bits per heavy atom. The Kier molecular flexibility index (Phi) is 10.2. The summed E-state index contributed by atoms with van der Waals surface area (Å²) < 4.78 is 47.8. The molecule has 3 heterocycles. The van der Waals surface area contributed by atoms with Crippen LogP contribution in [-0.2, 0) is 21.2 Å². The molecule has 2 aliphatic rings. The van der Waals surface area contributed by atoms with Crippen LogP contribution in [0.1, 0.15) is 41.9 Å². The van der Waals surface area contributed by atoms with Gasteiger partial charge in [-0.2, -0.15) is 4.31 Å². The van der Waals surface area contributed by atoms with Gasteiger partial charge in [-0.05, 0) is 61.1 Å². The van der Waals surface area contributed by atoms with Crippen molar-refractivity contribution in [3.05, 3.63) is 88.3 Å². The second-order valence-corrected chi connectivity index (χ2v) is 13.6. The van der Waals surface area contributed by atoms with Gasteiger partial charge >= 0.3 is 6.09 Å². The number of nitrogens with one attached hydrogen (secondary N) is 3. The van der Waals surface area contributed by atoms with E-state index < -0.39 is 39.8 Å². The summed E-state index contributed by atoms with van der Waals surface area (Å²) in [5, 5.41) is 18.7. The van der Waals surface area contributed by atoms with E-state index in [0.29, 0.717) is 48.0 Å². The maximum Gasteiger partial charge on any atom is 0.405 e. The summed E-state index contributed by atoms with van der Waals surface area (Å²) in [7, 11) is -1.97. The van der Waals surface area contributed by atoms with Gasteiger partial charge in [-0.15, -0.1) is 0 Å². The van der Waals surface area contributed by atoms with E-state index in [9.17, 15) is 23.1 Å². The summed E-state index contributed by atoms with van der Waals surface area (Å²) >= 11 is 6.11. The number of ether oxygens (including phenoxy) is 1. The summed E-state index contributed by atoms with van der Waals surface area (Å²) in [6, 6.07) is 12.5. The predicted octanol–water partition coefficient (Wildman–Crippen LogP) is 3.99. The smallest absolute Gasteiger partial charge is 0.405 e. The molecule has 2 aromatic carbocycles. The van der Waals surface area contributed by atoms with Crippen molar-refractivity contribution in [1.29, 1.82) is 0 Å². The average molecular weight is 660 g/mol. The van der Waals surface area contributed by atoms with Crippen LogP contribution in [0, 0.1) is 5.82 Å². The van der Waals surface area contributed by atoms with Gasteiger partial charge < -0.3 is 25.8 Å². The molecule has 0 aliphatic carbocycles. The molecule has 0 saturated carbocycles. The number of anilines is 1. The Balaban J connectivity index is 1.43. The van der Waals surface area contributed by atoms with Crippen LogP contribution in [0.2, 0.25) is 5.02 Å². The molecule has 0 radical (unpaired) electrons. The minimum absolute atomic E-state index is 0.0825. The van der Waals surface area contributed by atoms with E-state index in [4.69, 9.17) is 16.3 Å². The number of piperazine rings is 1. The minimum Gasteiger partial charge on any atom is -0.481 e. The molecule has 5 unspecified atom stereocenters. The van der Waals surface area contributed by atoms with Gasteiger partial charge in [0.15, 0.2) is 0 Å². The third kappa shape index (κ3) is 7.72. The molecule has 2 aliphatic heterocycles. The molecule has 2 saturated heterocycles. The number of hydrogen-bond donors (Lipinski definition) is 4. The molecule has 1 aromatic heterocycles. The van der Waals surface area contributed by atoms with Crippen molar-refractivity contribution in [3.63, 3.8) is 0 Å². The van der Waals surface area contributed by atoms with Crippen molar-refractivity contribution < 1.29 is 32.2 Å². The van der Waals surface area contributed by atoms with Gasteiger partial charge in [0, 0.05) is 59.6 Å².